The van der Waals surface area contributed by atoms with Gasteiger partial charge < -0.3 is 10.5 Å². The molecular weight excluding hydrogens is 241 g/mol. The first-order valence-corrected chi connectivity index (χ1v) is 6.69. The molecule has 1 aromatic rings. The van der Waals surface area contributed by atoms with Gasteiger partial charge in [0.15, 0.2) is 0 Å². The normalized spacial score (nSPS) is 12.2. The molecule has 1 aromatic carbocycles. The molecule has 3 nitrogen and oxygen atoms in total. The van der Waals surface area contributed by atoms with Gasteiger partial charge in [0, 0.05) is 5.56 Å². The number of hydrogen-bond donors (Lipinski definition) is 1. The van der Waals surface area contributed by atoms with Crippen LogP contribution in [0.3, 0.4) is 0 Å². The zero-order valence-electron chi connectivity index (χ0n) is 9.69. The minimum atomic E-state index is -0.630. The summed E-state index contributed by atoms with van der Waals surface area (Å²) in [4.78, 5) is 11.5. The summed E-state index contributed by atoms with van der Waals surface area (Å²) in [6.07, 6.45) is 2.51. The number of esters is 1. The number of benzene rings is 1. The Hall–Kier alpha value is -1.07. The number of carbonyl (C=O) groups excluding carboxylic acids is 1. The van der Waals surface area contributed by atoms with Gasteiger partial charge in [-0.1, -0.05) is 18.2 Å². The Morgan fingerprint density at radius 1 is 1.53 bits per heavy atom. The fourth-order valence-corrected chi connectivity index (χ4v) is 1.72. The van der Waals surface area contributed by atoms with Crippen LogP contribution in [0.2, 0.25) is 0 Å². The van der Waals surface area contributed by atoms with Crippen LogP contribution in [0.1, 0.15) is 12.0 Å². The van der Waals surface area contributed by atoms with Gasteiger partial charge in [-0.15, -0.1) is 0 Å². The number of carbonyl (C=O) groups is 1. The largest absolute Gasteiger partial charge is 0.460 e. The van der Waals surface area contributed by atoms with E-state index in [1.165, 1.54) is 6.07 Å². The third-order valence-corrected chi connectivity index (χ3v) is 2.91. The monoisotopic (exact) mass is 257 g/mol. The lowest BCUT2D eigenvalue weighted by molar-refractivity contribution is -0.146. The van der Waals surface area contributed by atoms with E-state index in [1.807, 2.05) is 6.26 Å². The number of ether oxygens (including phenoxy) is 1. The second-order valence-corrected chi connectivity index (χ2v) is 4.57. The Kier molecular flexibility index (Phi) is 6.00. The van der Waals surface area contributed by atoms with Gasteiger partial charge in [0.25, 0.3) is 0 Å². The van der Waals surface area contributed by atoms with Gasteiger partial charge >= 0.3 is 5.97 Å². The predicted molar refractivity (Wildman–Crippen MR) is 67.2 cm³/mol. The molecule has 0 radical (unpaired) electrons. The Balaban J connectivity index is 2.40. The highest BCUT2D eigenvalue weighted by atomic mass is 32.2. The van der Waals surface area contributed by atoms with Crippen LogP contribution < -0.4 is 5.73 Å². The summed E-state index contributed by atoms with van der Waals surface area (Å²) in [5.41, 5.74) is 5.98. The summed E-state index contributed by atoms with van der Waals surface area (Å²) in [6.45, 7) is -0.0710. The van der Waals surface area contributed by atoms with Crippen molar-refractivity contribution in [1.82, 2.24) is 0 Å². The number of rotatable bonds is 6. The molecule has 1 rings (SSSR count). The van der Waals surface area contributed by atoms with Crippen molar-refractivity contribution in [1.29, 1.82) is 0 Å². The van der Waals surface area contributed by atoms with Crippen LogP contribution in [0.5, 0.6) is 0 Å². The fraction of sp³-hybridized carbons (Fsp3) is 0.417. The molecule has 5 heteroatoms. The van der Waals surface area contributed by atoms with Crippen LogP contribution in [0.4, 0.5) is 4.39 Å². The molecule has 0 amide bonds. The van der Waals surface area contributed by atoms with Crippen molar-refractivity contribution in [3.63, 3.8) is 0 Å². The molecule has 0 saturated carbocycles. The maximum absolute atomic E-state index is 13.2. The summed E-state index contributed by atoms with van der Waals surface area (Å²) in [7, 11) is 0. The van der Waals surface area contributed by atoms with Gasteiger partial charge in [0.05, 0.1) is 0 Å². The SMILES string of the molecule is CSCCC(N)C(=O)OCc1ccccc1F. The van der Waals surface area contributed by atoms with E-state index in [4.69, 9.17) is 10.5 Å². The van der Waals surface area contributed by atoms with E-state index in [0.29, 0.717) is 12.0 Å². The van der Waals surface area contributed by atoms with Crippen LogP contribution in [0.15, 0.2) is 24.3 Å². The highest BCUT2D eigenvalue weighted by Crippen LogP contribution is 2.08. The van der Waals surface area contributed by atoms with Gasteiger partial charge in [0.1, 0.15) is 18.5 Å². The molecule has 94 valence electrons. The van der Waals surface area contributed by atoms with Gasteiger partial charge in [0.2, 0.25) is 0 Å². The standard InChI is InChI=1S/C12H16FNO2S/c1-17-7-6-11(14)12(15)16-8-9-4-2-3-5-10(9)13/h2-5,11H,6-8,14H2,1H3. The van der Waals surface area contributed by atoms with E-state index in [2.05, 4.69) is 0 Å². The van der Waals surface area contributed by atoms with Crippen molar-refractivity contribution in [3.8, 4) is 0 Å². The van der Waals surface area contributed by atoms with Crippen LogP contribution in [0, 0.1) is 5.82 Å². The van der Waals surface area contributed by atoms with Crippen molar-refractivity contribution in [2.45, 2.75) is 19.1 Å². The van der Waals surface area contributed by atoms with E-state index in [-0.39, 0.29) is 12.4 Å². The molecule has 0 spiro atoms. The van der Waals surface area contributed by atoms with Crippen LogP contribution in [0.25, 0.3) is 0 Å². The van der Waals surface area contributed by atoms with E-state index in [0.717, 1.165) is 5.75 Å². The van der Waals surface area contributed by atoms with Gasteiger partial charge in [-0.25, -0.2) is 4.39 Å². The molecule has 0 bridgehead atoms. The van der Waals surface area contributed by atoms with Crippen molar-refractivity contribution in [2.24, 2.45) is 5.73 Å². The molecular formula is C12H16FNO2S. The quantitative estimate of drug-likeness (QED) is 0.791. The van der Waals surface area contributed by atoms with Crippen LogP contribution >= 0.6 is 11.8 Å². The minimum Gasteiger partial charge on any atom is -0.460 e. The highest BCUT2D eigenvalue weighted by molar-refractivity contribution is 7.98. The van der Waals surface area contributed by atoms with Crippen molar-refractivity contribution < 1.29 is 13.9 Å². The molecule has 17 heavy (non-hydrogen) atoms. The average molecular weight is 257 g/mol. The van der Waals surface area contributed by atoms with Gasteiger partial charge in [-0.2, -0.15) is 11.8 Å². The van der Waals surface area contributed by atoms with Crippen molar-refractivity contribution in [3.05, 3.63) is 35.6 Å². The minimum absolute atomic E-state index is 0.0710. The molecule has 2 N–H and O–H groups in total. The van der Waals surface area contributed by atoms with Crippen molar-refractivity contribution >= 4 is 17.7 Å². The predicted octanol–water partition coefficient (Wildman–Crippen LogP) is 1.95. The lowest BCUT2D eigenvalue weighted by Gasteiger charge is -2.11. The maximum atomic E-state index is 13.2. The van der Waals surface area contributed by atoms with Crippen LogP contribution in [-0.2, 0) is 16.1 Å². The molecule has 1 atom stereocenters. The topological polar surface area (TPSA) is 52.3 Å². The van der Waals surface area contributed by atoms with Gasteiger partial charge in [-0.05, 0) is 24.5 Å². The Morgan fingerprint density at radius 3 is 2.88 bits per heavy atom. The summed E-state index contributed by atoms with van der Waals surface area (Å²) in [6, 6.07) is 5.56. The molecule has 0 aliphatic rings. The molecule has 0 fully saturated rings. The molecule has 0 aliphatic heterocycles. The summed E-state index contributed by atoms with van der Waals surface area (Å²) in [5.74, 6) is -0.0593. The molecule has 0 saturated heterocycles. The third-order valence-electron chi connectivity index (χ3n) is 2.26. The Bertz CT molecular complexity index is 373. The van der Waals surface area contributed by atoms with Crippen LogP contribution in [-0.4, -0.2) is 24.0 Å². The number of hydrogen-bond acceptors (Lipinski definition) is 4. The number of halogens is 1. The Morgan fingerprint density at radius 2 is 2.24 bits per heavy atom. The van der Waals surface area contributed by atoms with E-state index in [1.54, 1.807) is 30.0 Å². The molecule has 1 unspecified atom stereocenters. The number of nitrogens with two attached hydrogens (primary N) is 1. The second kappa shape index (κ2) is 7.29. The average Bonchev–Trinajstić information content (AvgIpc) is 2.34. The highest BCUT2D eigenvalue weighted by Gasteiger charge is 2.15. The summed E-state index contributed by atoms with van der Waals surface area (Å²) < 4.78 is 18.2. The maximum Gasteiger partial charge on any atom is 0.323 e. The van der Waals surface area contributed by atoms with E-state index >= 15 is 0 Å². The zero-order valence-corrected chi connectivity index (χ0v) is 10.5. The third kappa shape index (κ3) is 4.75. The lowest BCUT2D eigenvalue weighted by atomic mass is 10.2. The fourth-order valence-electron chi connectivity index (χ4n) is 1.23. The Labute approximate surface area is 105 Å². The molecule has 0 aromatic heterocycles. The zero-order chi connectivity index (χ0) is 12.7. The van der Waals surface area contributed by atoms with Crippen molar-refractivity contribution in [2.75, 3.05) is 12.0 Å². The van der Waals surface area contributed by atoms with E-state index < -0.39 is 12.0 Å². The first-order valence-electron chi connectivity index (χ1n) is 5.29. The smallest absolute Gasteiger partial charge is 0.323 e. The summed E-state index contributed by atoms with van der Waals surface area (Å²) >= 11 is 1.62. The second-order valence-electron chi connectivity index (χ2n) is 3.59. The number of thioether (sulfide) groups is 1. The van der Waals surface area contributed by atoms with E-state index in [9.17, 15) is 9.18 Å². The summed E-state index contributed by atoms with van der Waals surface area (Å²) in [5, 5.41) is 0. The first-order chi connectivity index (χ1) is 8.15. The lowest BCUT2D eigenvalue weighted by Crippen LogP contribution is -2.32. The molecule has 0 aliphatic carbocycles. The molecule has 0 heterocycles. The first kappa shape index (κ1) is 14.0. The van der Waals surface area contributed by atoms with Gasteiger partial charge in [-0.3, -0.25) is 4.79 Å².